The summed E-state index contributed by atoms with van der Waals surface area (Å²) in [7, 11) is 3.12. The van der Waals surface area contributed by atoms with Crippen molar-refractivity contribution in [2.24, 2.45) is 0 Å². The summed E-state index contributed by atoms with van der Waals surface area (Å²) in [6, 6.07) is 15.4. The van der Waals surface area contributed by atoms with Gasteiger partial charge >= 0.3 is 0 Å². The Morgan fingerprint density at radius 3 is 2.37 bits per heavy atom. The van der Waals surface area contributed by atoms with E-state index >= 15 is 0 Å². The molecule has 1 amide bonds. The Morgan fingerprint density at radius 2 is 1.74 bits per heavy atom. The number of aromatic nitrogens is 1. The predicted octanol–water partition coefficient (Wildman–Crippen LogP) is 3.99. The van der Waals surface area contributed by atoms with Crippen LogP contribution in [0, 0.1) is 6.92 Å². The third-order valence-corrected chi connectivity index (χ3v) is 5.32. The second-order valence-corrected chi connectivity index (χ2v) is 7.23. The molecule has 140 valence electrons. The van der Waals surface area contributed by atoms with Gasteiger partial charge in [-0.1, -0.05) is 30.3 Å². The van der Waals surface area contributed by atoms with Crippen molar-refractivity contribution in [2.45, 2.75) is 19.9 Å². The quantitative estimate of drug-likeness (QED) is 0.671. The monoisotopic (exact) mass is 382 g/mol. The van der Waals surface area contributed by atoms with Gasteiger partial charge in [-0.05, 0) is 24.6 Å². The first-order valence-electron chi connectivity index (χ1n) is 8.59. The van der Waals surface area contributed by atoms with E-state index in [0.717, 1.165) is 17.1 Å². The van der Waals surface area contributed by atoms with Gasteiger partial charge in [0.05, 0.1) is 26.5 Å². The first kappa shape index (κ1) is 18.9. The van der Waals surface area contributed by atoms with Crippen molar-refractivity contribution in [3.8, 4) is 11.5 Å². The standard InChI is InChI=1S/C21H22N2O3S/c1-14-19(9-15-7-5-4-6-8-15)27-20(23-14)13-22-21(24)16-10-17(25-2)12-18(11-16)26-3/h4-8,10-12H,9,13H2,1-3H3,(H,22,24). The van der Waals surface area contributed by atoms with Crippen LogP contribution in [0.1, 0.15) is 31.5 Å². The lowest BCUT2D eigenvalue weighted by molar-refractivity contribution is 0.0950. The highest BCUT2D eigenvalue weighted by molar-refractivity contribution is 7.11. The van der Waals surface area contributed by atoms with Gasteiger partial charge in [-0.25, -0.2) is 4.98 Å². The van der Waals surface area contributed by atoms with Crippen LogP contribution < -0.4 is 14.8 Å². The largest absolute Gasteiger partial charge is 0.497 e. The van der Waals surface area contributed by atoms with Crippen LogP contribution in [-0.2, 0) is 13.0 Å². The van der Waals surface area contributed by atoms with Crippen LogP contribution in [0.5, 0.6) is 11.5 Å². The lowest BCUT2D eigenvalue weighted by Crippen LogP contribution is -2.22. The van der Waals surface area contributed by atoms with Crippen LogP contribution in [0.25, 0.3) is 0 Å². The zero-order chi connectivity index (χ0) is 19.2. The van der Waals surface area contributed by atoms with Crippen LogP contribution in [0.4, 0.5) is 0 Å². The molecule has 0 aliphatic heterocycles. The number of thiazole rings is 1. The predicted molar refractivity (Wildman–Crippen MR) is 107 cm³/mol. The molecule has 0 bridgehead atoms. The summed E-state index contributed by atoms with van der Waals surface area (Å²) in [5.74, 6) is 0.967. The number of carbonyl (C=O) groups excluding carboxylic acids is 1. The molecule has 0 atom stereocenters. The Balaban J connectivity index is 1.66. The molecule has 27 heavy (non-hydrogen) atoms. The number of ether oxygens (including phenoxy) is 2. The Kier molecular flexibility index (Phi) is 6.08. The highest BCUT2D eigenvalue weighted by atomic mass is 32.1. The molecule has 6 heteroatoms. The first-order chi connectivity index (χ1) is 13.1. The Hall–Kier alpha value is -2.86. The minimum Gasteiger partial charge on any atom is -0.497 e. The number of amides is 1. The van der Waals surface area contributed by atoms with E-state index in [1.165, 1.54) is 10.4 Å². The third-order valence-electron chi connectivity index (χ3n) is 4.16. The van der Waals surface area contributed by atoms with Crippen molar-refractivity contribution in [2.75, 3.05) is 14.2 Å². The van der Waals surface area contributed by atoms with Gasteiger partial charge in [-0.2, -0.15) is 0 Å². The summed E-state index contributed by atoms with van der Waals surface area (Å²) in [6.07, 6.45) is 0.853. The molecule has 0 spiro atoms. The second kappa shape index (κ2) is 8.68. The normalized spacial score (nSPS) is 10.5. The van der Waals surface area contributed by atoms with Crippen LogP contribution in [-0.4, -0.2) is 25.1 Å². The first-order valence-corrected chi connectivity index (χ1v) is 9.41. The fraction of sp³-hybridized carbons (Fsp3) is 0.238. The maximum atomic E-state index is 12.5. The SMILES string of the molecule is COc1cc(OC)cc(C(=O)NCc2nc(C)c(Cc3ccccc3)s2)c1. The maximum Gasteiger partial charge on any atom is 0.251 e. The Bertz CT molecular complexity index is 900. The highest BCUT2D eigenvalue weighted by Gasteiger charge is 2.12. The summed E-state index contributed by atoms with van der Waals surface area (Å²) in [4.78, 5) is 18.3. The molecule has 0 unspecified atom stereocenters. The molecule has 0 aliphatic carbocycles. The summed E-state index contributed by atoms with van der Waals surface area (Å²) in [6.45, 7) is 2.39. The molecule has 1 aromatic heterocycles. The van der Waals surface area contributed by atoms with E-state index in [9.17, 15) is 4.79 Å². The van der Waals surface area contributed by atoms with E-state index in [4.69, 9.17) is 9.47 Å². The van der Waals surface area contributed by atoms with Crippen molar-refractivity contribution in [1.82, 2.24) is 10.3 Å². The molecular weight excluding hydrogens is 360 g/mol. The minimum atomic E-state index is -0.190. The second-order valence-electron chi connectivity index (χ2n) is 6.06. The minimum absolute atomic E-state index is 0.190. The van der Waals surface area contributed by atoms with Crippen molar-refractivity contribution in [3.63, 3.8) is 0 Å². The van der Waals surface area contributed by atoms with E-state index in [-0.39, 0.29) is 5.91 Å². The summed E-state index contributed by atoms with van der Waals surface area (Å²) >= 11 is 1.63. The van der Waals surface area contributed by atoms with Crippen molar-refractivity contribution < 1.29 is 14.3 Å². The molecular formula is C21H22N2O3S. The number of carbonyl (C=O) groups is 1. The van der Waals surface area contributed by atoms with Gasteiger partial charge in [0.25, 0.3) is 5.91 Å². The topological polar surface area (TPSA) is 60.5 Å². The number of benzene rings is 2. The fourth-order valence-corrected chi connectivity index (χ4v) is 3.75. The highest BCUT2D eigenvalue weighted by Crippen LogP contribution is 2.24. The summed E-state index contributed by atoms with van der Waals surface area (Å²) in [5, 5.41) is 3.81. The Morgan fingerprint density at radius 1 is 1.07 bits per heavy atom. The molecule has 1 heterocycles. The molecule has 0 saturated heterocycles. The average Bonchev–Trinajstić information content (AvgIpc) is 3.05. The van der Waals surface area contributed by atoms with E-state index in [0.29, 0.717) is 23.6 Å². The van der Waals surface area contributed by atoms with Gasteiger partial charge in [-0.3, -0.25) is 4.79 Å². The van der Waals surface area contributed by atoms with Crippen LogP contribution in [0.2, 0.25) is 0 Å². The Labute approximate surface area is 163 Å². The van der Waals surface area contributed by atoms with Gasteiger partial charge in [0.15, 0.2) is 0 Å². The molecule has 2 aromatic carbocycles. The number of methoxy groups -OCH3 is 2. The molecule has 3 rings (SSSR count). The molecule has 0 radical (unpaired) electrons. The number of aryl methyl sites for hydroxylation is 1. The average molecular weight is 382 g/mol. The molecule has 0 fully saturated rings. The molecule has 1 N–H and O–H groups in total. The third kappa shape index (κ3) is 4.86. The van der Waals surface area contributed by atoms with Crippen LogP contribution in [0.15, 0.2) is 48.5 Å². The van der Waals surface area contributed by atoms with Gasteiger partial charge in [0.1, 0.15) is 16.5 Å². The summed E-state index contributed by atoms with van der Waals surface area (Å²) in [5.41, 5.74) is 2.75. The summed E-state index contributed by atoms with van der Waals surface area (Å²) < 4.78 is 10.4. The smallest absolute Gasteiger partial charge is 0.251 e. The van der Waals surface area contributed by atoms with Crippen molar-refractivity contribution in [1.29, 1.82) is 0 Å². The number of nitrogens with one attached hydrogen (secondary N) is 1. The van der Waals surface area contributed by atoms with E-state index in [1.807, 2.05) is 25.1 Å². The lowest BCUT2D eigenvalue weighted by atomic mass is 10.1. The van der Waals surface area contributed by atoms with E-state index in [2.05, 4.69) is 22.4 Å². The molecule has 3 aromatic rings. The fourth-order valence-electron chi connectivity index (χ4n) is 2.71. The van der Waals surface area contributed by atoms with Crippen molar-refractivity contribution in [3.05, 3.63) is 75.2 Å². The molecule has 0 saturated carbocycles. The van der Waals surface area contributed by atoms with Gasteiger partial charge < -0.3 is 14.8 Å². The van der Waals surface area contributed by atoms with E-state index in [1.54, 1.807) is 43.8 Å². The molecule has 5 nitrogen and oxygen atoms in total. The van der Waals surface area contributed by atoms with Crippen molar-refractivity contribution >= 4 is 17.2 Å². The van der Waals surface area contributed by atoms with Gasteiger partial charge in [-0.15, -0.1) is 11.3 Å². The van der Waals surface area contributed by atoms with Crippen LogP contribution in [0.3, 0.4) is 0 Å². The zero-order valence-corrected chi connectivity index (χ0v) is 16.4. The van der Waals surface area contributed by atoms with Gasteiger partial charge in [0.2, 0.25) is 0 Å². The zero-order valence-electron chi connectivity index (χ0n) is 15.6. The maximum absolute atomic E-state index is 12.5. The lowest BCUT2D eigenvalue weighted by Gasteiger charge is -2.08. The number of rotatable bonds is 7. The van der Waals surface area contributed by atoms with Crippen LogP contribution >= 0.6 is 11.3 Å². The number of hydrogen-bond acceptors (Lipinski definition) is 5. The van der Waals surface area contributed by atoms with Gasteiger partial charge in [0, 0.05) is 22.9 Å². The molecule has 0 aliphatic rings. The number of nitrogens with zero attached hydrogens (tertiary/aromatic N) is 1. The van der Waals surface area contributed by atoms with E-state index < -0.39 is 0 Å². The number of hydrogen-bond donors (Lipinski definition) is 1.